The average Bonchev–Trinajstić information content (AvgIpc) is 2.25. The zero-order chi connectivity index (χ0) is 12.0. The molecule has 1 aromatic rings. The molecule has 0 fully saturated rings. The van der Waals surface area contributed by atoms with Crippen molar-refractivity contribution >= 4 is 24.2 Å². The van der Waals surface area contributed by atoms with Gasteiger partial charge in [-0.2, -0.15) is 12.6 Å². The van der Waals surface area contributed by atoms with Crippen molar-refractivity contribution in [3.63, 3.8) is 0 Å². The summed E-state index contributed by atoms with van der Waals surface area (Å²) in [6, 6.07) is 3.21. The van der Waals surface area contributed by atoms with Crippen molar-refractivity contribution in [2.45, 2.75) is 19.8 Å². The third-order valence-corrected chi connectivity index (χ3v) is 3.08. The molecular weight excluding hydrogens is 245 g/mol. The maximum Gasteiger partial charge on any atom is 0.126 e. The van der Waals surface area contributed by atoms with Gasteiger partial charge in [-0.25, -0.2) is 4.39 Å². The zero-order valence-electron chi connectivity index (χ0n) is 9.39. The maximum absolute atomic E-state index is 13.3. The molecule has 0 atom stereocenters. The van der Waals surface area contributed by atoms with Crippen molar-refractivity contribution in [1.82, 2.24) is 5.32 Å². The van der Waals surface area contributed by atoms with Gasteiger partial charge in [-0.1, -0.05) is 11.6 Å². The van der Waals surface area contributed by atoms with Crippen LogP contribution in [0.15, 0.2) is 12.1 Å². The van der Waals surface area contributed by atoms with Crippen LogP contribution in [-0.2, 0) is 6.42 Å². The van der Waals surface area contributed by atoms with Crippen molar-refractivity contribution in [1.29, 1.82) is 0 Å². The number of rotatable bonds is 6. The van der Waals surface area contributed by atoms with Gasteiger partial charge in [0.05, 0.1) is 0 Å². The highest BCUT2D eigenvalue weighted by Gasteiger charge is 2.05. The van der Waals surface area contributed by atoms with Crippen LogP contribution in [0.4, 0.5) is 4.39 Å². The predicted octanol–water partition coefficient (Wildman–Crippen LogP) is 3.24. The van der Waals surface area contributed by atoms with E-state index in [1.165, 1.54) is 6.07 Å². The van der Waals surface area contributed by atoms with E-state index in [-0.39, 0.29) is 5.82 Å². The lowest BCUT2D eigenvalue weighted by Gasteiger charge is -2.07. The molecule has 0 radical (unpaired) electrons. The van der Waals surface area contributed by atoms with Gasteiger partial charge in [-0.15, -0.1) is 0 Å². The summed E-state index contributed by atoms with van der Waals surface area (Å²) in [7, 11) is 0. The van der Waals surface area contributed by atoms with Gasteiger partial charge >= 0.3 is 0 Å². The van der Waals surface area contributed by atoms with Crippen molar-refractivity contribution < 1.29 is 4.39 Å². The van der Waals surface area contributed by atoms with E-state index in [0.717, 1.165) is 37.2 Å². The normalized spacial score (nSPS) is 10.8. The Balaban J connectivity index is 2.45. The van der Waals surface area contributed by atoms with E-state index in [0.29, 0.717) is 10.6 Å². The number of benzene rings is 1. The molecule has 0 spiro atoms. The fraction of sp³-hybridized carbons (Fsp3) is 0.500. The molecule has 0 heterocycles. The van der Waals surface area contributed by atoms with Crippen molar-refractivity contribution in [2.24, 2.45) is 0 Å². The molecular formula is C12H17ClFNS. The molecule has 1 aromatic carbocycles. The summed E-state index contributed by atoms with van der Waals surface area (Å²) < 4.78 is 13.3. The van der Waals surface area contributed by atoms with Gasteiger partial charge in [-0.3, -0.25) is 0 Å². The second-order valence-corrected chi connectivity index (χ2v) is 4.62. The molecule has 4 heteroatoms. The molecule has 1 N–H and O–H groups in total. The van der Waals surface area contributed by atoms with E-state index in [2.05, 4.69) is 17.9 Å². The van der Waals surface area contributed by atoms with Crippen LogP contribution >= 0.6 is 24.2 Å². The van der Waals surface area contributed by atoms with Crippen LogP contribution in [0, 0.1) is 12.7 Å². The monoisotopic (exact) mass is 261 g/mol. The summed E-state index contributed by atoms with van der Waals surface area (Å²) in [6.45, 7) is 3.47. The highest BCUT2D eigenvalue weighted by Crippen LogP contribution is 2.20. The minimum atomic E-state index is -0.185. The Bertz CT molecular complexity index is 344. The largest absolute Gasteiger partial charge is 0.316 e. The van der Waals surface area contributed by atoms with Crippen LogP contribution in [-0.4, -0.2) is 18.8 Å². The van der Waals surface area contributed by atoms with Gasteiger partial charge in [0.1, 0.15) is 5.82 Å². The van der Waals surface area contributed by atoms with Crippen LogP contribution in [0.3, 0.4) is 0 Å². The van der Waals surface area contributed by atoms with Gasteiger partial charge in [0.25, 0.3) is 0 Å². The first-order valence-corrected chi connectivity index (χ1v) is 6.42. The standard InChI is InChI=1S/C12H17ClFNS/c1-9-7-11(13)10(8-12(9)14)3-5-15-4-2-6-16/h7-8,15-16H,2-6H2,1H3. The highest BCUT2D eigenvalue weighted by molar-refractivity contribution is 7.80. The van der Waals surface area contributed by atoms with E-state index in [4.69, 9.17) is 11.6 Å². The van der Waals surface area contributed by atoms with Gasteiger partial charge in [-0.05, 0) is 61.9 Å². The minimum absolute atomic E-state index is 0.185. The molecule has 0 saturated carbocycles. The fourth-order valence-electron chi connectivity index (χ4n) is 1.43. The summed E-state index contributed by atoms with van der Waals surface area (Å²) in [6.07, 6.45) is 1.79. The smallest absolute Gasteiger partial charge is 0.126 e. The quantitative estimate of drug-likeness (QED) is 0.592. The first kappa shape index (κ1) is 13.8. The first-order chi connectivity index (χ1) is 7.65. The SMILES string of the molecule is Cc1cc(Cl)c(CCNCCCS)cc1F. The summed E-state index contributed by atoms with van der Waals surface area (Å²) in [5.41, 5.74) is 1.46. The third kappa shape index (κ3) is 4.32. The lowest BCUT2D eigenvalue weighted by molar-refractivity contribution is 0.613. The Hall–Kier alpha value is -0.250. The second-order valence-electron chi connectivity index (χ2n) is 3.77. The fourth-order valence-corrected chi connectivity index (χ4v) is 1.90. The summed E-state index contributed by atoms with van der Waals surface area (Å²) in [4.78, 5) is 0. The number of nitrogens with one attached hydrogen (secondary N) is 1. The van der Waals surface area contributed by atoms with E-state index in [1.807, 2.05) is 0 Å². The van der Waals surface area contributed by atoms with E-state index in [9.17, 15) is 4.39 Å². The van der Waals surface area contributed by atoms with Crippen LogP contribution < -0.4 is 5.32 Å². The molecule has 1 rings (SSSR count). The lowest BCUT2D eigenvalue weighted by atomic mass is 10.1. The topological polar surface area (TPSA) is 12.0 Å². The van der Waals surface area contributed by atoms with Crippen LogP contribution in [0.1, 0.15) is 17.5 Å². The van der Waals surface area contributed by atoms with Gasteiger partial charge < -0.3 is 5.32 Å². The molecule has 16 heavy (non-hydrogen) atoms. The molecule has 0 aliphatic rings. The molecule has 0 unspecified atom stereocenters. The van der Waals surface area contributed by atoms with Gasteiger partial charge in [0, 0.05) is 5.02 Å². The van der Waals surface area contributed by atoms with E-state index in [1.54, 1.807) is 13.0 Å². The molecule has 1 nitrogen and oxygen atoms in total. The Labute approximate surface area is 107 Å². The van der Waals surface area contributed by atoms with E-state index >= 15 is 0 Å². The third-order valence-electron chi connectivity index (χ3n) is 2.41. The summed E-state index contributed by atoms with van der Waals surface area (Å²) in [5.74, 6) is 0.696. The van der Waals surface area contributed by atoms with Gasteiger partial charge in [0.2, 0.25) is 0 Å². The first-order valence-electron chi connectivity index (χ1n) is 5.41. The molecule has 0 aromatic heterocycles. The van der Waals surface area contributed by atoms with E-state index < -0.39 is 0 Å². The zero-order valence-corrected chi connectivity index (χ0v) is 11.0. The van der Waals surface area contributed by atoms with Crippen LogP contribution in [0.2, 0.25) is 5.02 Å². The molecule has 0 saturated heterocycles. The number of hydrogen-bond acceptors (Lipinski definition) is 2. The molecule has 0 aliphatic carbocycles. The number of aryl methyl sites for hydroxylation is 1. The molecule has 0 bridgehead atoms. The summed E-state index contributed by atoms with van der Waals surface area (Å²) >= 11 is 10.2. The Morgan fingerprint density at radius 1 is 1.38 bits per heavy atom. The van der Waals surface area contributed by atoms with Crippen LogP contribution in [0.5, 0.6) is 0 Å². The van der Waals surface area contributed by atoms with Crippen LogP contribution in [0.25, 0.3) is 0 Å². The number of hydrogen-bond donors (Lipinski definition) is 2. The maximum atomic E-state index is 13.3. The predicted molar refractivity (Wildman–Crippen MR) is 71.2 cm³/mol. The Morgan fingerprint density at radius 3 is 2.81 bits per heavy atom. The highest BCUT2D eigenvalue weighted by atomic mass is 35.5. The molecule has 0 amide bonds. The Kier molecular flexibility index (Phi) is 6.17. The number of halogens is 2. The second kappa shape index (κ2) is 7.15. The van der Waals surface area contributed by atoms with Gasteiger partial charge in [0.15, 0.2) is 0 Å². The molecule has 90 valence electrons. The lowest BCUT2D eigenvalue weighted by Crippen LogP contribution is -2.19. The molecule has 0 aliphatic heterocycles. The Morgan fingerprint density at radius 2 is 2.12 bits per heavy atom. The minimum Gasteiger partial charge on any atom is -0.316 e. The van der Waals surface area contributed by atoms with Crippen molar-refractivity contribution in [3.05, 3.63) is 34.1 Å². The average molecular weight is 262 g/mol. The number of thiol groups is 1. The summed E-state index contributed by atoms with van der Waals surface area (Å²) in [5, 5.41) is 3.91. The van der Waals surface area contributed by atoms with Crippen molar-refractivity contribution in [2.75, 3.05) is 18.8 Å². The van der Waals surface area contributed by atoms with Crippen molar-refractivity contribution in [3.8, 4) is 0 Å².